The summed E-state index contributed by atoms with van der Waals surface area (Å²) in [5.41, 5.74) is -2.31. The zero-order valence-corrected chi connectivity index (χ0v) is 18.8. The molecule has 3 rings (SSSR count). The fourth-order valence-corrected chi connectivity index (χ4v) is 3.72. The van der Waals surface area contributed by atoms with Gasteiger partial charge >= 0.3 is 21.6 Å². The van der Waals surface area contributed by atoms with Gasteiger partial charge in [-0.2, -0.15) is 26.7 Å². The molecule has 0 unspecified atom stereocenters. The molecule has 7 nitrogen and oxygen atoms in total. The molecule has 0 saturated carbocycles. The molecule has 33 heavy (non-hydrogen) atoms. The average molecular weight is 482 g/mol. The first kappa shape index (κ1) is 24.3. The quantitative estimate of drug-likeness (QED) is 0.284. The summed E-state index contributed by atoms with van der Waals surface area (Å²) < 4.78 is 72.0. The van der Waals surface area contributed by atoms with Gasteiger partial charge in [-0.25, -0.2) is 4.79 Å². The van der Waals surface area contributed by atoms with Crippen LogP contribution in [0.2, 0.25) is 0 Å². The maximum absolute atomic E-state index is 12.8. The molecule has 1 aromatic heterocycles. The molecule has 0 atom stereocenters. The summed E-state index contributed by atoms with van der Waals surface area (Å²) in [5.74, 6) is -1.75. The van der Waals surface area contributed by atoms with Crippen LogP contribution in [-0.4, -0.2) is 36.8 Å². The van der Waals surface area contributed by atoms with Gasteiger partial charge in [-0.05, 0) is 47.7 Å². The number of rotatable bonds is 7. The van der Waals surface area contributed by atoms with Crippen LogP contribution in [0.1, 0.15) is 34.0 Å². The highest BCUT2D eigenvalue weighted by Gasteiger charge is 2.49. The first-order chi connectivity index (χ1) is 15.4. The number of hydrogen-bond acceptors (Lipinski definition) is 6. The number of ether oxygens (including phenoxy) is 1. The Bertz CT molecular complexity index is 1270. The molecule has 0 N–H and O–H groups in total. The zero-order chi connectivity index (χ0) is 24.4. The van der Waals surface area contributed by atoms with Gasteiger partial charge in [0.05, 0.1) is 12.8 Å². The van der Waals surface area contributed by atoms with Crippen LogP contribution in [0.25, 0.3) is 11.3 Å². The van der Waals surface area contributed by atoms with Crippen LogP contribution in [0.5, 0.6) is 5.75 Å². The van der Waals surface area contributed by atoms with E-state index in [0.717, 1.165) is 30.0 Å². The molecule has 176 valence electrons. The molecule has 0 aliphatic heterocycles. The largest absolute Gasteiger partial charge is 0.534 e. The lowest BCUT2D eigenvalue weighted by Gasteiger charge is -2.16. The van der Waals surface area contributed by atoms with Gasteiger partial charge in [0.2, 0.25) is 0 Å². The van der Waals surface area contributed by atoms with Crippen LogP contribution in [-0.2, 0) is 34.7 Å². The highest BCUT2D eigenvalue weighted by atomic mass is 32.2. The Balaban J connectivity index is 1.97. The van der Waals surface area contributed by atoms with Crippen molar-refractivity contribution in [3.8, 4) is 17.0 Å². The molecule has 0 spiro atoms. The van der Waals surface area contributed by atoms with E-state index in [0.29, 0.717) is 24.0 Å². The lowest BCUT2D eigenvalue weighted by Crippen LogP contribution is -2.28. The summed E-state index contributed by atoms with van der Waals surface area (Å²) in [6, 6.07) is 11.8. The van der Waals surface area contributed by atoms with Crippen molar-refractivity contribution in [2.24, 2.45) is 7.05 Å². The van der Waals surface area contributed by atoms with Crippen molar-refractivity contribution in [1.82, 2.24) is 9.78 Å². The number of hydrogen-bond donors (Lipinski definition) is 0. The Morgan fingerprint density at radius 1 is 1.09 bits per heavy atom. The van der Waals surface area contributed by atoms with Crippen LogP contribution in [0, 0.1) is 0 Å². The molecule has 0 aliphatic rings. The van der Waals surface area contributed by atoms with Crippen LogP contribution < -0.4 is 4.18 Å². The molecule has 0 fully saturated rings. The van der Waals surface area contributed by atoms with Crippen molar-refractivity contribution in [1.29, 1.82) is 0 Å². The highest BCUT2D eigenvalue weighted by Crippen LogP contribution is 2.32. The zero-order valence-electron chi connectivity index (χ0n) is 18.0. The predicted octanol–water partition coefficient (Wildman–Crippen LogP) is 4.26. The molecule has 0 aliphatic carbocycles. The van der Waals surface area contributed by atoms with E-state index in [4.69, 9.17) is 0 Å². The van der Waals surface area contributed by atoms with Gasteiger partial charge in [-0.3, -0.25) is 4.68 Å². The van der Waals surface area contributed by atoms with Crippen molar-refractivity contribution in [3.63, 3.8) is 0 Å². The number of halogens is 3. The van der Waals surface area contributed by atoms with Gasteiger partial charge in [-0.15, -0.1) is 0 Å². The third-order valence-corrected chi connectivity index (χ3v) is 5.89. The fourth-order valence-electron chi connectivity index (χ4n) is 3.25. The van der Waals surface area contributed by atoms with Crippen LogP contribution >= 0.6 is 0 Å². The normalized spacial score (nSPS) is 11.9. The van der Waals surface area contributed by atoms with Crippen molar-refractivity contribution in [3.05, 3.63) is 70.9 Å². The summed E-state index contributed by atoms with van der Waals surface area (Å²) in [5, 5.41) is 4.34. The summed E-state index contributed by atoms with van der Waals surface area (Å²) in [7, 11) is -3.10. The van der Waals surface area contributed by atoms with E-state index in [1.807, 2.05) is 43.6 Å². The lowest BCUT2D eigenvalue weighted by molar-refractivity contribution is -0.0500. The van der Waals surface area contributed by atoms with Gasteiger partial charge in [0.25, 0.3) is 0 Å². The first-order valence-electron chi connectivity index (χ1n) is 9.79. The van der Waals surface area contributed by atoms with Crippen LogP contribution in [0.15, 0.2) is 48.7 Å². The van der Waals surface area contributed by atoms with Gasteiger partial charge in [0.15, 0.2) is 5.75 Å². The number of benzene rings is 2. The second-order valence-corrected chi connectivity index (χ2v) is 8.73. The van der Waals surface area contributed by atoms with Crippen molar-refractivity contribution < 1.29 is 35.3 Å². The Labute approximate surface area is 188 Å². The number of methoxy groups -OCH3 is 1. The van der Waals surface area contributed by atoms with Gasteiger partial charge in [-0.1, -0.05) is 31.2 Å². The Morgan fingerprint density at radius 3 is 2.27 bits per heavy atom. The fraction of sp³-hybridized carbons (Fsp3) is 0.273. The predicted molar refractivity (Wildman–Crippen MR) is 114 cm³/mol. The standard InChI is InChI=1S/C22H21F3N2O5S/c1-4-15-13-20(32-33(29,30)22(23,24)25)18(21(28)31-3)12-17(15)11-14-5-7-16(8-6-14)19-9-10-27(2)26-19/h5-10,12-13H,4,11H2,1-3H3. The Morgan fingerprint density at radius 2 is 1.76 bits per heavy atom. The van der Waals surface area contributed by atoms with Gasteiger partial charge in [0, 0.05) is 18.8 Å². The van der Waals surface area contributed by atoms with Crippen molar-refractivity contribution in [2.75, 3.05) is 7.11 Å². The second kappa shape index (κ2) is 9.26. The Kier molecular flexibility index (Phi) is 6.82. The van der Waals surface area contributed by atoms with E-state index >= 15 is 0 Å². The number of alkyl halides is 3. The van der Waals surface area contributed by atoms with Crippen LogP contribution in [0.4, 0.5) is 13.2 Å². The first-order valence-corrected chi connectivity index (χ1v) is 11.2. The molecule has 0 radical (unpaired) electrons. The van der Waals surface area contributed by atoms with Crippen molar-refractivity contribution >= 4 is 16.1 Å². The molecular weight excluding hydrogens is 461 g/mol. The maximum atomic E-state index is 12.8. The molecule has 1 heterocycles. The Hall–Kier alpha value is -3.34. The summed E-state index contributed by atoms with van der Waals surface area (Å²) in [6.07, 6.45) is 2.54. The summed E-state index contributed by atoms with van der Waals surface area (Å²) in [4.78, 5) is 12.2. The lowest BCUT2D eigenvalue weighted by atomic mass is 9.95. The topological polar surface area (TPSA) is 87.5 Å². The van der Waals surface area contributed by atoms with E-state index < -0.39 is 32.9 Å². The number of carbonyl (C=O) groups excluding carboxylic acids is 1. The number of aromatic nitrogens is 2. The monoisotopic (exact) mass is 482 g/mol. The molecule has 2 aromatic carbocycles. The molecule has 3 aromatic rings. The van der Waals surface area contributed by atoms with E-state index in [-0.39, 0.29) is 0 Å². The number of carbonyl (C=O) groups is 1. The molecular formula is C22H21F3N2O5S. The van der Waals surface area contributed by atoms with Crippen molar-refractivity contribution in [2.45, 2.75) is 25.3 Å². The molecule has 11 heteroatoms. The van der Waals surface area contributed by atoms with Gasteiger partial charge < -0.3 is 8.92 Å². The molecule has 0 bridgehead atoms. The minimum Gasteiger partial charge on any atom is -0.465 e. The minimum atomic E-state index is -5.96. The van der Waals surface area contributed by atoms with E-state index in [1.165, 1.54) is 6.07 Å². The van der Waals surface area contributed by atoms with E-state index in [9.17, 15) is 26.4 Å². The van der Waals surface area contributed by atoms with E-state index in [2.05, 4.69) is 14.0 Å². The highest BCUT2D eigenvalue weighted by molar-refractivity contribution is 7.88. The SMILES string of the molecule is CCc1cc(OS(=O)(=O)C(F)(F)F)c(C(=O)OC)cc1Cc1ccc(-c2ccn(C)n2)cc1. The third kappa shape index (κ3) is 5.36. The number of esters is 1. The summed E-state index contributed by atoms with van der Waals surface area (Å²) >= 11 is 0. The second-order valence-electron chi connectivity index (χ2n) is 7.19. The molecule has 0 saturated heterocycles. The number of nitrogens with zero attached hydrogens (tertiary/aromatic N) is 2. The maximum Gasteiger partial charge on any atom is 0.534 e. The van der Waals surface area contributed by atoms with Gasteiger partial charge in [0.1, 0.15) is 5.56 Å². The van der Waals surface area contributed by atoms with Crippen LogP contribution in [0.3, 0.4) is 0 Å². The minimum absolute atomic E-state index is 0.349. The summed E-state index contributed by atoms with van der Waals surface area (Å²) in [6.45, 7) is 1.75. The molecule has 0 amide bonds. The average Bonchev–Trinajstić information content (AvgIpc) is 3.19. The third-order valence-electron chi connectivity index (χ3n) is 4.93. The smallest absolute Gasteiger partial charge is 0.465 e. The van der Waals surface area contributed by atoms with E-state index in [1.54, 1.807) is 11.6 Å². The number of aryl methyl sites for hydroxylation is 2.